The van der Waals surface area contributed by atoms with Gasteiger partial charge in [-0.3, -0.25) is 4.79 Å². The molecule has 0 radical (unpaired) electrons. The summed E-state index contributed by atoms with van der Waals surface area (Å²) in [6.45, 7) is 6.37. The van der Waals surface area contributed by atoms with Crippen LogP contribution in [0.15, 0.2) is 41.5 Å². The fraction of sp³-hybridized carbons (Fsp3) is 0.222. The molecule has 126 valence electrons. The number of phenolic OH excluding ortho intramolecular Hbond substituents is 3. The summed E-state index contributed by atoms with van der Waals surface area (Å²) in [5.41, 5.74) is 4.34. The van der Waals surface area contributed by atoms with Crippen LogP contribution in [0.3, 0.4) is 0 Å². The molecule has 0 spiro atoms. The van der Waals surface area contributed by atoms with E-state index in [9.17, 15) is 20.1 Å². The molecule has 2 aromatic carbocycles. The number of benzene rings is 2. The van der Waals surface area contributed by atoms with Gasteiger partial charge in [0.25, 0.3) is 5.91 Å². The number of hydrogen-bond acceptors (Lipinski definition) is 5. The molecule has 0 fully saturated rings. The molecule has 2 aromatic rings. The number of nitrogens with one attached hydrogen (secondary N) is 1. The second-order valence-corrected chi connectivity index (χ2v) is 6.43. The number of carbonyl (C=O) groups excluding carboxylic acids is 1. The largest absolute Gasteiger partial charge is 0.504 e. The lowest BCUT2D eigenvalue weighted by molar-refractivity contribution is 0.0954. The molecule has 24 heavy (non-hydrogen) atoms. The molecule has 0 saturated heterocycles. The number of nitrogens with zero attached hydrogens (tertiary/aromatic N) is 1. The Kier molecular flexibility index (Phi) is 4.78. The minimum Gasteiger partial charge on any atom is -0.504 e. The first kappa shape index (κ1) is 17.3. The molecule has 0 bridgehead atoms. The van der Waals surface area contributed by atoms with Gasteiger partial charge in [-0.2, -0.15) is 5.10 Å². The Morgan fingerprint density at radius 3 is 2.08 bits per heavy atom. The highest BCUT2D eigenvalue weighted by atomic mass is 16.3. The Morgan fingerprint density at radius 1 is 1.04 bits per heavy atom. The number of amides is 1. The van der Waals surface area contributed by atoms with Crippen LogP contribution in [0.1, 0.15) is 42.3 Å². The highest BCUT2D eigenvalue weighted by molar-refractivity contribution is 5.96. The molecule has 0 unspecified atom stereocenters. The van der Waals surface area contributed by atoms with E-state index in [0.717, 1.165) is 17.7 Å². The minimum absolute atomic E-state index is 0.0250. The Hall–Kier alpha value is -3.02. The summed E-state index contributed by atoms with van der Waals surface area (Å²) in [4.78, 5) is 11.9. The van der Waals surface area contributed by atoms with Crippen molar-refractivity contribution in [2.45, 2.75) is 26.2 Å². The van der Waals surface area contributed by atoms with Gasteiger partial charge in [0, 0.05) is 5.56 Å². The third kappa shape index (κ3) is 4.04. The van der Waals surface area contributed by atoms with E-state index >= 15 is 0 Å². The first-order valence-electron chi connectivity index (χ1n) is 7.37. The van der Waals surface area contributed by atoms with Crippen molar-refractivity contribution in [3.05, 3.63) is 53.1 Å². The average molecular weight is 328 g/mol. The number of phenols is 3. The predicted molar refractivity (Wildman–Crippen MR) is 91.6 cm³/mol. The summed E-state index contributed by atoms with van der Waals surface area (Å²) in [5, 5.41) is 31.9. The lowest BCUT2D eigenvalue weighted by atomic mass is 9.87. The molecular formula is C18H20N2O4. The van der Waals surface area contributed by atoms with Gasteiger partial charge in [-0.25, -0.2) is 5.43 Å². The molecule has 4 N–H and O–H groups in total. The van der Waals surface area contributed by atoms with Crippen LogP contribution in [-0.4, -0.2) is 27.4 Å². The van der Waals surface area contributed by atoms with Crippen molar-refractivity contribution in [2.75, 3.05) is 0 Å². The predicted octanol–water partition coefficient (Wildman–Crippen LogP) is 2.86. The number of carbonyl (C=O) groups is 1. The van der Waals surface area contributed by atoms with Crippen molar-refractivity contribution in [3.8, 4) is 17.2 Å². The maximum Gasteiger partial charge on any atom is 0.271 e. The van der Waals surface area contributed by atoms with Crippen LogP contribution in [0.4, 0.5) is 0 Å². The standard InChI is InChI=1S/C18H20N2O4/c1-18(2,3)13-6-4-11(5-7-13)10-19-20-17(24)12-8-14(21)16(23)15(22)9-12/h4-10,21-23H,1-3H3,(H,20,24)/b19-10+. The van der Waals surface area contributed by atoms with Crippen LogP contribution in [0.25, 0.3) is 0 Å². The van der Waals surface area contributed by atoms with Gasteiger partial charge < -0.3 is 15.3 Å². The van der Waals surface area contributed by atoms with Crippen molar-refractivity contribution in [3.63, 3.8) is 0 Å². The molecule has 6 nitrogen and oxygen atoms in total. The second kappa shape index (κ2) is 6.62. The van der Waals surface area contributed by atoms with Gasteiger partial charge in [0.2, 0.25) is 0 Å². The van der Waals surface area contributed by atoms with Crippen molar-refractivity contribution >= 4 is 12.1 Å². The number of hydrogen-bond donors (Lipinski definition) is 4. The zero-order valence-corrected chi connectivity index (χ0v) is 13.7. The van der Waals surface area contributed by atoms with E-state index in [2.05, 4.69) is 31.3 Å². The molecule has 0 aliphatic heterocycles. The van der Waals surface area contributed by atoms with Crippen molar-refractivity contribution in [1.29, 1.82) is 0 Å². The van der Waals surface area contributed by atoms with Gasteiger partial charge in [0.1, 0.15) is 0 Å². The van der Waals surface area contributed by atoms with Gasteiger partial charge in [0.15, 0.2) is 17.2 Å². The van der Waals surface area contributed by atoms with Crippen LogP contribution in [0.5, 0.6) is 17.2 Å². The first-order valence-corrected chi connectivity index (χ1v) is 7.37. The Morgan fingerprint density at radius 2 is 1.58 bits per heavy atom. The molecule has 0 aromatic heterocycles. The lowest BCUT2D eigenvalue weighted by Crippen LogP contribution is -2.17. The maximum absolute atomic E-state index is 11.9. The summed E-state index contributed by atoms with van der Waals surface area (Å²) in [7, 11) is 0. The molecule has 0 aliphatic carbocycles. The monoisotopic (exact) mass is 328 g/mol. The lowest BCUT2D eigenvalue weighted by Gasteiger charge is -2.18. The molecule has 0 atom stereocenters. The highest BCUT2D eigenvalue weighted by Crippen LogP contribution is 2.35. The molecule has 0 saturated carbocycles. The van der Waals surface area contributed by atoms with Crippen LogP contribution in [-0.2, 0) is 5.41 Å². The van der Waals surface area contributed by atoms with Gasteiger partial charge in [-0.15, -0.1) is 0 Å². The van der Waals surface area contributed by atoms with E-state index in [-0.39, 0.29) is 11.0 Å². The first-order chi connectivity index (χ1) is 11.2. The molecule has 0 aliphatic rings. The van der Waals surface area contributed by atoms with E-state index in [1.165, 1.54) is 11.8 Å². The molecule has 1 amide bonds. The van der Waals surface area contributed by atoms with E-state index in [0.29, 0.717) is 0 Å². The van der Waals surface area contributed by atoms with E-state index in [1.807, 2.05) is 24.3 Å². The maximum atomic E-state index is 11.9. The fourth-order valence-electron chi connectivity index (χ4n) is 2.03. The summed E-state index contributed by atoms with van der Waals surface area (Å²) in [5.74, 6) is -2.46. The summed E-state index contributed by atoms with van der Waals surface area (Å²) < 4.78 is 0. The van der Waals surface area contributed by atoms with Crippen molar-refractivity contribution < 1.29 is 20.1 Å². The second-order valence-electron chi connectivity index (χ2n) is 6.43. The van der Waals surface area contributed by atoms with Crippen LogP contribution >= 0.6 is 0 Å². The zero-order valence-electron chi connectivity index (χ0n) is 13.7. The van der Waals surface area contributed by atoms with E-state index < -0.39 is 23.2 Å². The summed E-state index contributed by atoms with van der Waals surface area (Å²) in [6, 6.07) is 9.87. The number of hydrazone groups is 1. The molecule has 0 heterocycles. The van der Waals surface area contributed by atoms with Gasteiger partial charge >= 0.3 is 0 Å². The van der Waals surface area contributed by atoms with Gasteiger partial charge in [0.05, 0.1) is 6.21 Å². The van der Waals surface area contributed by atoms with Crippen molar-refractivity contribution in [2.24, 2.45) is 5.10 Å². The smallest absolute Gasteiger partial charge is 0.271 e. The number of rotatable bonds is 3. The topological polar surface area (TPSA) is 102 Å². The van der Waals surface area contributed by atoms with Crippen LogP contribution < -0.4 is 5.43 Å². The van der Waals surface area contributed by atoms with Crippen LogP contribution in [0.2, 0.25) is 0 Å². The van der Waals surface area contributed by atoms with E-state index in [4.69, 9.17) is 0 Å². The minimum atomic E-state index is -0.672. The Bertz CT molecular complexity index is 752. The zero-order chi connectivity index (χ0) is 17.9. The van der Waals surface area contributed by atoms with Gasteiger partial charge in [-0.1, -0.05) is 45.0 Å². The molecule has 2 rings (SSSR count). The Labute approximate surface area is 140 Å². The normalized spacial score (nSPS) is 11.6. The average Bonchev–Trinajstić information content (AvgIpc) is 2.51. The van der Waals surface area contributed by atoms with Gasteiger partial charge in [-0.05, 0) is 28.7 Å². The molecular weight excluding hydrogens is 308 g/mol. The summed E-state index contributed by atoms with van der Waals surface area (Å²) in [6.07, 6.45) is 1.49. The fourth-order valence-corrected chi connectivity index (χ4v) is 2.03. The van der Waals surface area contributed by atoms with E-state index in [1.54, 1.807) is 0 Å². The van der Waals surface area contributed by atoms with Crippen molar-refractivity contribution in [1.82, 2.24) is 5.43 Å². The SMILES string of the molecule is CC(C)(C)c1ccc(/C=N/NC(=O)c2cc(O)c(O)c(O)c2)cc1. The Balaban J connectivity index is 2.05. The number of aromatic hydroxyl groups is 3. The van der Waals surface area contributed by atoms with Crippen LogP contribution in [0, 0.1) is 0 Å². The molecule has 6 heteroatoms. The quantitative estimate of drug-likeness (QED) is 0.395. The third-order valence-corrected chi connectivity index (χ3v) is 3.49. The highest BCUT2D eigenvalue weighted by Gasteiger charge is 2.13. The summed E-state index contributed by atoms with van der Waals surface area (Å²) >= 11 is 0. The third-order valence-electron chi connectivity index (χ3n) is 3.49.